The molecular weight excluding hydrogens is 254 g/mol. The van der Waals surface area contributed by atoms with Crippen LogP contribution in [-0.2, 0) is 9.59 Å². The number of hydrogen-bond donors (Lipinski definition) is 0. The maximum Gasteiger partial charge on any atom is 0.201 e. The van der Waals surface area contributed by atoms with Crippen molar-refractivity contribution < 1.29 is 9.59 Å². The Balaban J connectivity index is 3.51. The van der Waals surface area contributed by atoms with Crippen molar-refractivity contribution >= 4 is 19.6 Å². The lowest BCUT2D eigenvalue weighted by Crippen LogP contribution is -2.40. The third-order valence-electron chi connectivity index (χ3n) is 3.41. The normalized spacial score (nSPS) is 17.4. The van der Waals surface area contributed by atoms with Crippen LogP contribution < -0.4 is 0 Å². The van der Waals surface area contributed by atoms with Crippen molar-refractivity contribution in [2.24, 2.45) is 0 Å². The van der Waals surface area contributed by atoms with E-state index in [0.717, 1.165) is 17.2 Å². The van der Waals surface area contributed by atoms with Gasteiger partial charge in [0.2, 0.25) is 5.78 Å². The Labute approximate surface area is 117 Å². The highest BCUT2D eigenvalue weighted by molar-refractivity contribution is 6.88. The zero-order valence-electron chi connectivity index (χ0n) is 13.2. The average Bonchev–Trinajstić information content (AvgIpc) is 2.23. The lowest BCUT2D eigenvalue weighted by Gasteiger charge is -2.31. The molecule has 0 saturated carbocycles. The zero-order valence-corrected chi connectivity index (χ0v) is 14.2. The molecule has 1 aliphatic carbocycles. The van der Waals surface area contributed by atoms with Gasteiger partial charge in [-0.15, -0.1) is 0 Å². The minimum absolute atomic E-state index is 0.0718. The van der Waals surface area contributed by atoms with Crippen LogP contribution in [0.2, 0.25) is 19.6 Å². The zero-order chi connectivity index (χ0) is 15.0. The van der Waals surface area contributed by atoms with Gasteiger partial charge in [0.25, 0.3) is 0 Å². The molecule has 4 heteroatoms. The summed E-state index contributed by atoms with van der Waals surface area (Å²) >= 11 is 0. The third kappa shape index (κ3) is 2.89. The number of allylic oxidation sites excluding steroid dienone is 3. The molecule has 0 saturated heterocycles. The fraction of sp³-hybridized carbons (Fsp3) is 0.600. The van der Waals surface area contributed by atoms with E-state index in [1.165, 1.54) is 0 Å². The topological polar surface area (TPSA) is 37.4 Å². The second-order valence-corrected chi connectivity index (χ2v) is 11.4. The van der Waals surface area contributed by atoms with Crippen LogP contribution in [0.25, 0.3) is 0 Å². The lowest BCUT2D eigenvalue weighted by atomic mass is 9.91. The Morgan fingerprint density at radius 3 is 1.95 bits per heavy atom. The van der Waals surface area contributed by atoms with Gasteiger partial charge in [-0.3, -0.25) is 9.59 Å². The Morgan fingerprint density at radius 1 is 1.05 bits per heavy atom. The molecule has 1 aliphatic rings. The van der Waals surface area contributed by atoms with Crippen LogP contribution >= 0.6 is 0 Å². The molecule has 0 aromatic rings. The number of Topliss-reactive ketones (excluding diaryl/α,β-unsaturated/α-hetero) is 2. The van der Waals surface area contributed by atoms with Crippen LogP contribution in [0.5, 0.6) is 0 Å². The van der Waals surface area contributed by atoms with Gasteiger partial charge in [0, 0.05) is 25.2 Å². The number of rotatable bonds is 4. The molecule has 0 aromatic carbocycles. The van der Waals surface area contributed by atoms with E-state index in [4.69, 9.17) is 0 Å². The molecule has 0 unspecified atom stereocenters. The molecule has 19 heavy (non-hydrogen) atoms. The molecule has 0 radical (unpaired) electrons. The minimum atomic E-state index is -1.83. The lowest BCUT2D eigenvalue weighted by molar-refractivity contribution is -0.117. The van der Waals surface area contributed by atoms with Gasteiger partial charge in [0.05, 0.1) is 13.8 Å². The first-order valence-corrected chi connectivity index (χ1v) is 10.3. The molecule has 0 spiro atoms. The van der Waals surface area contributed by atoms with Gasteiger partial charge in [-0.2, -0.15) is 0 Å². The molecule has 0 aliphatic heterocycles. The predicted molar refractivity (Wildman–Crippen MR) is 81.7 cm³/mol. The van der Waals surface area contributed by atoms with Crippen molar-refractivity contribution in [2.75, 3.05) is 14.1 Å². The second kappa shape index (κ2) is 5.45. The van der Waals surface area contributed by atoms with Crippen molar-refractivity contribution in [3.63, 3.8) is 0 Å². The van der Waals surface area contributed by atoms with Gasteiger partial charge in [0.1, 0.15) is 0 Å². The van der Waals surface area contributed by atoms with Gasteiger partial charge in [0.15, 0.2) is 5.78 Å². The molecule has 0 aromatic heterocycles. The first-order valence-electron chi connectivity index (χ1n) is 6.84. The number of carbonyl (C=O) groups is 2. The van der Waals surface area contributed by atoms with Crippen LogP contribution in [0.15, 0.2) is 22.0 Å². The van der Waals surface area contributed by atoms with Crippen molar-refractivity contribution in [1.82, 2.24) is 4.90 Å². The van der Waals surface area contributed by atoms with Gasteiger partial charge in [-0.1, -0.05) is 33.0 Å². The summed E-state index contributed by atoms with van der Waals surface area (Å²) in [4.78, 5) is 27.1. The highest BCUT2D eigenvalue weighted by Crippen LogP contribution is 2.33. The average molecular weight is 279 g/mol. The number of ketones is 2. The Hall–Kier alpha value is -1.16. The Kier molecular flexibility index (Phi) is 4.56. The summed E-state index contributed by atoms with van der Waals surface area (Å²) in [6, 6.07) is 0. The summed E-state index contributed by atoms with van der Waals surface area (Å²) in [5.74, 6) is 0.146. The monoisotopic (exact) mass is 279 g/mol. The molecular formula is C15H25NO2Si. The first kappa shape index (κ1) is 15.9. The maximum absolute atomic E-state index is 12.8. The smallest absolute Gasteiger partial charge is 0.201 e. The molecule has 0 atom stereocenters. The summed E-state index contributed by atoms with van der Waals surface area (Å²) in [7, 11) is 1.83. The molecule has 0 bridgehead atoms. The number of nitrogens with zero attached hydrogens (tertiary/aromatic N) is 1. The van der Waals surface area contributed by atoms with E-state index in [0.29, 0.717) is 17.7 Å². The molecule has 0 amide bonds. The third-order valence-corrected chi connectivity index (χ3v) is 5.44. The van der Waals surface area contributed by atoms with E-state index >= 15 is 0 Å². The van der Waals surface area contributed by atoms with Crippen LogP contribution in [0, 0.1) is 0 Å². The van der Waals surface area contributed by atoms with Gasteiger partial charge < -0.3 is 4.90 Å². The van der Waals surface area contributed by atoms with Crippen molar-refractivity contribution in [1.29, 1.82) is 0 Å². The summed E-state index contributed by atoms with van der Waals surface area (Å²) in [5, 5.41) is 0.827. The molecule has 3 nitrogen and oxygen atoms in total. The minimum Gasteiger partial charge on any atom is -0.374 e. The second-order valence-electron chi connectivity index (χ2n) is 6.38. The maximum atomic E-state index is 12.8. The number of carbonyl (C=O) groups excluding carboxylic acids is 2. The Bertz CT molecular complexity index is 479. The van der Waals surface area contributed by atoms with Crippen molar-refractivity contribution in [2.45, 2.75) is 46.3 Å². The quantitative estimate of drug-likeness (QED) is 0.586. The fourth-order valence-corrected chi connectivity index (χ4v) is 4.64. The fourth-order valence-electron chi connectivity index (χ4n) is 2.69. The molecule has 0 heterocycles. The van der Waals surface area contributed by atoms with E-state index in [2.05, 4.69) is 19.6 Å². The largest absolute Gasteiger partial charge is 0.374 e. The van der Waals surface area contributed by atoms with Gasteiger partial charge >= 0.3 is 0 Å². The highest BCUT2D eigenvalue weighted by atomic mass is 28.3. The van der Waals surface area contributed by atoms with Crippen molar-refractivity contribution in [3.05, 3.63) is 22.0 Å². The van der Waals surface area contributed by atoms with Gasteiger partial charge in [-0.25, -0.2) is 0 Å². The van der Waals surface area contributed by atoms with Gasteiger partial charge in [-0.05, 0) is 18.5 Å². The SMILES string of the molecule is CCCC1=C([Si](C)(C)C)C(=O)C(N(C)C)=C(C)C1=O. The molecule has 106 valence electrons. The Morgan fingerprint density at radius 2 is 1.58 bits per heavy atom. The molecule has 1 rings (SSSR count). The number of likely N-dealkylation sites (N-methyl/N-ethyl adjacent to an activating group) is 1. The summed E-state index contributed by atoms with van der Waals surface area (Å²) in [6.07, 6.45) is 1.61. The predicted octanol–water partition coefficient (Wildman–Crippen LogP) is 2.95. The van der Waals surface area contributed by atoms with E-state index in [9.17, 15) is 9.59 Å². The summed E-state index contributed by atoms with van der Waals surface area (Å²) < 4.78 is 0. The van der Waals surface area contributed by atoms with E-state index in [1.807, 2.05) is 21.0 Å². The standard InChI is InChI=1S/C15H25NO2Si/c1-8-9-11-13(17)10(2)12(16(3)4)14(18)15(11)19(5,6)7/h8-9H2,1-7H3. The van der Waals surface area contributed by atoms with Crippen LogP contribution in [0.4, 0.5) is 0 Å². The van der Waals surface area contributed by atoms with E-state index in [1.54, 1.807) is 11.8 Å². The van der Waals surface area contributed by atoms with Crippen molar-refractivity contribution in [3.8, 4) is 0 Å². The van der Waals surface area contributed by atoms with Crippen LogP contribution in [0.3, 0.4) is 0 Å². The summed E-state index contributed by atoms with van der Waals surface area (Å²) in [6.45, 7) is 10.2. The molecule has 0 N–H and O–H groups in total. The summed E-state index contributed by atoms with van der Waals surface area (Å²) in [5.41, 5.74) is 1.94. The molecule has 0 fully saturated rings. The first-order chi connectivity index (χ1) is 8.62. The van der Waals surface area contributed by atoms with Crippen LogP contribution in [-0.4, -0.2) is 38.6 Å². The highest BCUT2D eigenvalue weighted by Gasteiger charge is 2.38. The van der Waals surface area contributed by atoms with E-state index in [-0.39, 0.29) is 11.6 Å². The van der Waals surface area contributed by atoms with E-state index < -0.39 is 8.07 Å². The number of hydrogen-bond acceptors (Lipinski definition) is 3. The van der Waals surface area contributed by atoms with Crippen LogP contribution in [0.1, 0.15) is 26.7 Å².